The first-order valence-corrected chi connectivity index (χ1v) is 11.4. The summed E-state index contributed by atoms with van der Waals surface area (Å²) in [7, 11) is 0. The number of carbonyl (C=O) groups excluding carboxylic acids is 2. The van der Waals surface area contributed by atoms with Crippen molar-refractivity contribution >= 4 is 29.7 Å². The summed E-state index contributed by atoms with van der Waals surface area (Å²) in [5, 5.41) is 3.57. The number of thioether (sulfide) groups is 1. The number of aryl methyl sites for hydroxylation is 1. The second-order valence-electron chi connectivity index (χ2n) is 8.67. The molecule has 2 amide bonds. The van der Waals surface area contributed by atoms with E-state index in [0.29, 0.717) is 11.2 Å². The SMILES string of the molecule is Cc1ccc(/C=C2/SC3CCC(C(=O)N4CCC(C)CC4)CC3NC2=O)cc1. The Kier molecular flexibility index (Phi) is 5.81. The van der Waals surface area contributed by atoms with Crippen LogP contribution in [0.4, 0.5) is 0 Å². The number of hydrogen-bond donors (Lipinski definition) is 1. The zero-order chi connectivity index (χ0) is 19.7. The van der Waals surface area contributed by atoms with Gasteiger partial charge in [0.25, 0.3) is 5.91 Å². The molecule has 4 rings (SSSR count). The van der Waals surface area contributed by atoms with E-state index in [1.165, 1.54) is 5.56 Å². The van der Waals surface area contributed by atoms with E-state index in [4.69, 9.17) is 0 Å². The zero-order valence-corrected chi connectivity index (χ0v) is 17.6. The average Bonchev–Trinajstić information content (AvgIpc) is 2.70. The predicted molar refractivity (Wildman–Crippen MR) is 115 cm³/mol. The lowest BCUT2D eigenvalue weighted by molar-refractivity contribution is -0.138. The van der Waals surface area contributed by atoms with E-state index in [0.717, 1.165) is 61.6 Å². The number of fused-ring (bicyclic) bond motifs is 1. The highest BCUT2D eigenvalue weighted by Gasteiger charge is 2.40. The van der Waals surface area contributed by atoms with Crippen molar-refractivity contribution in [3.63, 3.8) is 0 Å². The van der Waals surface area contributed by atoms with Gasteiger partial charge in [0.1, 0.15) is 0 Å². The summed E-state index contributed by atoms with van der Waals surface area (Å²) in [6.45, 7) is 6.13. The Labute approximate surface area is 172 Å². The molecular weight excluding hydrogens is 368 g/mol. The monoisotopic (exact) mass is 398 g/mol. The maximum Gasteiger partial charge on any atom is 0.257 e. The van der Waals surface area contributed by atoms with Crippen molar-refractivity contribution in [3.05, 3.63) is 40.3 Å². The summed E-state index contributed by atoms with van der Waals surface area (Å²) in [6.07, 6.45) is 6.93. The Hall–Kier alpha value is -1.75. The molecule has 3 unspecified atom stereocenters. The van der Waals surface area contributed by atoms with Crippen molar-refractivity contribution in [2.75, 3.05) is 13.1 Å². The van der Waals surface area contributed by atoms with E-state index in [2.05, 4.69) is 48.3 Å². The van der Waals surface area contributed by atoms with Crippen LogP contribution in [0.1, 0.15) is 50.2 Å². The van der Waals surface area contributed by atoms with Crippen LogP contribution in [-0.2, 0) is 9.59 Å². The van der Waals surface area contributed by atoms with Gasteiger partial charge >= 0.3 is 0 Å². The van der Waals surface area contributed by atoms with Gasteiger partial charge in [0, 0.05) is 30.3 Å². The van der Waals surface area contributed by atoms with Crippen molar-refractivity contribution in [1.29, 1.82) is 0 Å². The van der Waals surface area contributed by atoms with Crippen LogP contribution in [0.15, 0.2) is 29.2 Å². The van der Waals surface area contributed by atoms with Crippen LogP contribution in [0.2, 0.25) is 0 Å². The molecule has 1 aromatic carbocycles. The molecule has 4 nitrogen and oxygen atoms in total. The summed E-state index contributed by atoms with van der Waals surface area (Å²) in [5.41, 5.74) is 2.28. The fourth-order valence-electron chi connectivity index (χ4n) is 4.52. The third-order valence-corrected chi connectivity index (χ3v) is 7.85. The number of rotatable bonds is 2. The Morgan fingerprint density at radius 3 is 2.57 bits per heavy atom. The fraction of sp³-hybridized carbons (Fsp3) is 0.565. The Morgan fingerprint density at radius 1 is 1.14 bits per heavy atom. The van der Waals surface area contributed by atoms with E-state index in [1.807, 2.05) is 6.08 Å². The molecule has 1 saturated carbocycles. The van der Waals surface area contributed by atoms with Crippen molar-refractivity contribution in [2.24, 2.45) is 11.8 Å². The Bertz CT molecular complexity index is 765. The van der Waals surface area contributed by atoms with Gasteiger partial charge in [-0.25, -0.2) is 0 Å². The highest BCUT2D eigenvalue weighted by molar-refractivity contribution is 8.04. The molecule has 0 spiro atoms. The number of amides is 2. The van der Waals surface area contributed by atoms with Crippen LogP contribution < -0.4 is 5.32 Å². The average molecular weight is 399 g/mol. The van der Waals surface area contributed by atoms with Gasteiger partial charge in [-0.15, -0.1) is 11.8 Å². The quantitative estimate of drug-likeness (QED) is 0.766. The lowest BCUT2D eigenvalue weighted by atomic mass is 9.83. The van der Waals surface area contributed by atoms with E-state index >= 15 is 0 Å². The molecule has 150 valence electrons. The maximum absolute atomic E-state index is 12.9. The van der Waals surface area contributed by atoms with Gasteiger partial charge < -0.3 is 10.2 Å². The second-order valence-corrected chi connectivity index (χ2v) is 9.95. The molecule has 3 fully saturated rings. The summed E-state index contributed by atoms with van der Waals surface area (Å²) in [6, 6.07) is 8.35. The molecule has 2 aliphatic heterocycles. The second kappa shape index (κ2) is 8.32. The Balaban J connectivity index is 1.38. The van der Waals surface area contributed by atoms with Crippen molar-refractivity contribution in [2.45, 2.75) is 57.2 Å². The number of benzene rings is 1. The number of carbonyl (C=O) groups is 2. The fourth-order valence-corrected chi connectivity index (χ4v) is 5.81. The van der Waals surface area contributed by atoms with Gasteiger partial charge in [-0.1, -0.05) is 36.8 Å². The minimum Gasteiger partial charge on any atom is -0.348 e. The number of nitrogens with one attached hydrogen (secondary N) is 1. The summed E-state index contributed by atoms with van der Waals surface area (Å²) in [5.74, 6) is 1.11. The van der Waals surface area contributed by atoms with E-state index < -0.39 is 0 Å². The predicted octanol–water partition coefficient (Wildman–Crippen LogP) is 3.99. The van der Waals surface area contributed by atoms with E-state index in [1.54, 1.807) is 11.8 Å². The maximum atomic E-state index is 12.9. The molecule has 1 N–H and O–H groups in total. The first-order valence-electron chi connectivity index (χ1n) is 10.5. The minimum atomic E-state index is 0.00622. The molecule has 3 atom stereocenters. The summed E-state index contributed by atoms with van der Waals surface area (Å²) >= 11 is 1.70. The summed E-state index contributed by atoms with van der Waals surface area (Å²) < 4.78 is 0. The molecule has 1 aromatic rings. The van der Waals surface area contributed by atoms with Gasteiger partial charge in [-0.2, -0.15) is 0 Å². The first-order chi connectivity index (χ1) is 13.5. The standard InChI is InChI=1S/C23H30N2O2S/c1-15-3-5-17(6-4-15)13-21-22(26)24-19-14-18(7-8-20(19)28-21)23(27)25-11-9-16(2)10-12-25/h3-6,13,16,18-20H,7-12,14H2,1-2H3,(H,24,26)/b21-13+. The first kappa shape index (κ1) is 19.6. The molecule has 2 heterocycles. The topological polar surface area (TPSA) is 49.4 Å². The molecule has 0 radical (unpaired) electrons. The van der Waals surface area contributed by atoms with Crippen LogP contribution >= 0.6 is 11.8 Å². The molecule has 5 heteroatoms. The van der Waals surface area contributed by atoms with Crippen LogP contribution in [0.3, 0.4) is 0 Å². The van der Waals surface area contributed by atoms with E-state index in [9.17, 15) is 9.59 Å². The van der Waals surface area contributed by atoms with Crippen LogP contribution in [-0.4, -0.2) is 41.1 Å². The highest BCUT2D eigenvalue weighted by atomic mass is 32.2. The third-order valence-electron chi connectivity index (χ3n) is 6.43. The lowest BCUT2D eigenvalue weighted by Crippen LogP contribution is -2.52. The van der Waals surface area contributed by atoms with Crippen molar-refractivity contribution in [1.82, 2.24) is 10.2 Å². The molecule has 0 bridgehead atoms. The van der Waals surface area contributed by atoms with Gasteiger partial charge in [0.2, 0.25) is 5.91 Å². The number of likely N-dealkylation sites (tertiary alicyclic amines) is 1. The number of nitrogens with zero attached hydrogens (tertiary/aromatic N) is 1. The summed E-state index contributed by atoms with van der Waals surface area (Å²) in [4.78, 5) is 28.4. The van der Waals surface area contributed by atoms with Gasteiger partial charge in [0.05, 0.1) is 4.91 Å². The lowest BCUT2D eigenvalue weighted by Gasteiger charge is -2.41. The van der Waals surface area contributed by atoms with Crippen molar-refractivity contribution < 1.29 is 9.59 Å². The van der Waals surface area contributed by atoms with Crippen LogP contribution in [0, 0.1) is 18.8 Å². The van der Waals surface area contributed by atoms with Crippen LogP contribution in [0.5, 0.6) is 0 Å². The normalized spacial score (nSPS) is 30.1. The molecule has 0 aromatic heterocycles. The molecule has 1 aliphatic carbocycles. The van der Waals surface area contributed by atoms with Gasteiger partial charge in [-0.3, -0.25) is 9.59 Å². The number of piperidine rings is 1. The molecular formula is C23H30N2O2S. The molecule has 2 saturated heterocycles. The van der Waals surface area contributed by atoms with Gasteiger partial charge in [-0.05, 0) is 56.6 Å². The van der Waals surface area contributed by atoms with Gasteiger partial charge in [0.15, 0.2) is 0 Å². The third kappa shape index (κ3) is 4.29. The van der Waals surface area contributed by atoms with Crippen LogP contribution in [0.25, 0.3) is 6.08 Å². The van der Waals surface area contributed by atoms with Crippen molar-refractivity contribution in [3.8, 4) is 0 Å². The minimum absolute atomic E-state index is 0.00622. The Morgan fingerprint density at radius 2 is 1.86 bits per heavy atom. The smallest absolute Gasteiger partial charge is 0.257 e. The highest BCUT2D eigenvalue weighted by Crippen LogP contribution is 2.40. The number of hydrogen-bond acceptors (Lipinski definition) is 3. The largest absolute Gasteiger partial charge is 0.348 e. The molecule has 3 aliphatic rings. The van der Waals surface area contributed by atoms with E-state index in [-0.39, 0.29) is 17.9 Å². The zero-order valence-electron chi connectivity index (χ0n) is 16.8. The molecule has 28 heavy (non-hydrogen) atoms.